The van der Waals surface area contributed by atoms with E-state index in [4.69, 9.17) is 0 Å². The summed E-state index contributed by atoms with van der Waals surface area (Å²) in [7, 11) is 0.806. The van der Waals surface area contributed by atoms with Gasteiger partial charge < -0.3 is 5.23 Å². The zero-order valence-electron chi connectivity index (χ0n) is 7.59. The van der Waals surface area contributed by atoms with E-state index in [1.807, 2.05) is 20.7 Å². The smallest absolute Gasteiger partial charge is 0.198 e. The van der Waals surface area contributed by atoms with Crippen molar-refractivity contribution in [1.29, 1.82) is 0 Å². The highest BCUT2D eigenvalue weighted by molar-refractivity contribution is 6.30. The van der Waals surface area contributed by atoms with Crippen LogP contribution in [0.1, 0.15) is 27.7 Å². The molecule has 0 spiro atoms. The quantitative estimate of drug-likeness (QED) is 0.593. The van der Waals surface area contributed by atoms with Crippen LogP contribution in [0.4, 0.5) is 4.39 Å². The minimum atomic E-state index is -1.16. The maximum atomic E-state index is 13.3. The highest BCUT2D eigenvalue weighted by Gasteiger charge is 2.35. The largest absolute Gasteiger partial charge is 0.352 e. The van der Waals surface area contributed by atoms with Crippen molar-refractivity contribution < 1.29 is 4.39 Å². The molecule has 0 aromatic heterocycles. The van der Waals surface area contributed by atoms with Gasteiger partial charge in [0.2, 0.25) is 0 Å². The van der Waals surface area contributed by atoms with Crippen LogP contribution in [0.2, 0.25) is 6.82 Å². The summed E-state index contributed by atoms with van der Waals surface area (Å²) in [5, 5.41) is 3.09. The number of hydrogen-bond acceptors (Lipinski definition) is 1. The summed E-state index contributed by atoms with van der Waals surface area (Å²) >= 11 is 0. The van der Waals surface area contributed by atoms with Gasteiger partial charge in [-0.2, -0.15) is 0 Å². The standard InChI is InChI=1S/C7H17BFN/c1-6(2,9)7(3,4)10-8-5/h8,10H,1-5H3. The summed E-state index contributed by atoms with van der Waals surface area (Å²) in [5.41, 5.74) is -1.59. The molecule has 1 N–H and O–H groups in total. The van der Waals surface area contributed by atoms with Gasteiger partial charge in [-0.05, 0) is 27.7 Å². The average molecular weight is 145 g/mol. The lowest BCUT2D eigenvalue weighted by Crippen LogP contribution is -2.54. The normalized spacial score (nSPS) is 13.4. The van der Waals surface area contributed by atoms with E-state index in [1.54, 1.807) is 13.8 Å². The third kappa shape index (κ3) is 2.29. The van der Waals surface area contributed by atoms with Gasteiger partial charge in [0.1, 0.15) is 5.67 Å². The molecule has 0 saturated carbocycles. The van der Waals surface area contributed by atoms with Crippen LogP contribution >= 0.6 is 0 Å². The van der Waals surface area contributed by atoms with E-state index in [0.29, 0.717) is 0 Å². The lowest BCUT2D eigenvalue weighted by atomic mass is 9.82. The number of hydrogen-bond donors (Lipinski definition) is 1. The molecule has 0 amide bonds. The predicted molar refractivity (Wildman–Crippen MR) is 45.4 cm³/mol. The third-order valence-corrected chi connectivity index (χ3v) is 2.10. The van der Waals surface area contributed by atoms with Gasteiger partial charge in [0.05, 0.1) is 0 Å². The van der Waals surface area contributed by atoms with Crippen molar-refractivity contribution in [3.8, 4) is 0 Å². The lowest BCUT2D eigenvalue weighted by molar-refractivity contribution is 0.106. The molecule has 0 aliphatic rings. The monoisotopic (exact) mass is 145 g/mol. The van der Waals surface area contributed by atoms with Gasteiger partial charge in [0.25, 0.3) is 0 Å². The highest BCUT2D eigenvalue weighted by Crippen LogP contribution is 2.24. The maximum absolute atomic E-state index is 13.3. The van der Waals surface area contributed by atoms with Crippen molar-refractivity contribution in [1.82, 2.24) is 5.23 Å². The molecule has 60 valence electrons. The first-order chi connectivity index (χ1) is 4.31. The first-order valence-electron chi connectivity index (χ1n) is 3.75. The molecule has 0 rings (SSSR count). The minimum Gasteiger partial charge on any atom is -0.352 e. The van der Waals surface area contributed by atoms with Gasteiger partial charge in [0.15, 0.2) is 7.41 Å². The molecule has 0 aromatic carbocycles. The second-order valence-electron chi connectivity index (χ2n) is 3.63. The predicted octanol–water partition coefficient (Wildman–Crippen LogP) is 1.50. The van der Waals surface area contributed by atoms with Crippen LogP contribution < -0.4 is 5.23 Å². The number of nitrogens with one attached hydrogen (secondary N) is 1. The number of rotatable bonds is 3. The highest BCUT2D eigenvalue weighted by atomic mass is 19.1. The molecule has 0 fully saturated rings. The molecule has 1 nitrogen and oxygen atoms in total. The van der Waals surface area contributed by atoms with E-state index < -0.39 is 11.2 Å². The Kier molecular flexibility index (Phi) is 2.90. The van der Waals surface area contributed by atoms with Gasteiger partial charge in [-0.3, -0.25) is 0 Å². The second kappa shape index (κ2) is 2.91. The Morgan fingerprint density at radius 2 is 1.60 bits per heavy atom. The molecule has 0 bridgehead atoms. The van der Waals surface area contributed by atoms with Crippen molar-refractivity contribution >= 4 is 7.41 Å². The van der Waals surface area contributed by atoms with Crippen LogP contribution in [0.15, 0.2) is 0 Å². The maximum Gasteiger partial charge on any atom is 0.198 e. The Labute approximate surface area is 63.7 Å². The molecule has 0 saturated heterocycles. The van der Waals surface area contributed by atoms with Crippen LogP contribution in [0.25, 0.3) is 0 Å². The summed E-state index contributed by atoms with van der Waals surface area (Å²) in [6.07, 6.45) is 0. The van der Waals surface area contributed by atoms with Gasteiger partial charge in [-0.15, -0.1) is 0 Å². The summed E-state index contributed by atoms with van der Waals surface area (Å²) in [5.74, 6) is 0. The molecule has 0 aliphatic heterocycles. The fourth-order valence-corrected chi connectivity index (χ4v) is 0.652. The summed E-state index contributed by atoms with van der Waals surface area (Å²) in [6, 6.07) is 0. The molecule has 0 aliphatic carbocycles. The first-order valence-corrected chi connectivity index (χ1v) is 3.75. The molecule has 0 atom stereocenters. The van der Waals surface area contributed by atoms with Crippen LogP contribution in [-0.4, -0.2) is 18.6 Å². The number of alkyl halides is 1. The van der Waals surface area contributed by atoms with Gasteiger partial charge in [-0.1, -0.05) is 6.82 Å². The Hall–Kier alpha value is -0.0451. The average Bonchev–Trinajstić information content (AvgIpc) is 1.61. The Morgan fingerprint density at radius 1 is 1.20 bits per heavy atom. The SMILES string of the molecule is CBNC(C)(C)C(C)(C)F. The van der Waals surface area contributed by atoms with Crippen molar-refractivity contribution in [2.75, 3.05) is 0 Å². The molecule has 0 unspecified atom stereocenters. The number of halogens is 1. The molecule has 10 heavy (non-hydrogen) atoms. The first kappa shape index (κ1) is 9.95. The summed E-state index contributed by atoms with van der Waals surface area (Å²) in [4.78, 5) is 0. The second-order valence-corrected chi connectivity index (χ2v) is 3.63. The summed E-state index contributed by atoms with van der Waals surface area (Å²) in [6.45, 7) is 8.91. The van der Waals surface area contributed by atoms with E-state index in [2.05, 4.69) is 5.23 Å². The van der Waals surface area contributed by atoms with Crippen LogP contribution in [0, 0.1) is 0 Å². The van der Waals surface area contributed by atoms with Crippen molar-refractivity contribution in [2.24, 2.45) is 0 Å². The summed E-state index contributed by atoms with van der Waals surface area (Å²) < 4.78 is 13.3. The topological polar surface area (TPSA) is 12.0 Å². The lowest BCUT2D eigenvalue weighted by Gasteiger charge is -2.35. The van der Waals surface area contributed by atoms with E-state index in [0.717, 1.165) is 7.41 Å². The molecule has 0 aromatic rings. The van der Waals surface area contributed by atoms with Gasteiger partial charge in [-0.25, -0.2) is 4.39 Å². The van der Waals surface area contributed by atoms with Crippen molar-refractivity contribution in [3.05, 3.63) is 0 Å². The van der Waals surface area contributed by atoms with Crippen LogP contribution in [-0.2, 0) is 0 Å². The molecular formula is C7H17BFN. The Bertz CT molecular complexity index is 107. The molecule has 0 heterocycles. The fraction of sp³-hybridized carbons (Fsp3) is 1.00. The minimum absolute atomic E-state index is 0.429. The van der Waals surface area contributed by atoms with E-state index in [9.17, 15) is 4.39 Å². The Balaban J connectivity index is 4.10. The zero-order valence-corrected chi connectivity index (χ0v) is 7.59. The van der Waals surface area contributed by atoms with Crippen LogP contribution in [0.3, 0.4) is 0 Å². The molecule has 0 radical (unpaired) electrons. The van der Waals surface area contributed by atoms with Crippen molar-refractivity contribution in [3.63, 3.8) is 0 Å². The zero-order chi connectivity index (χ0) is 8.41. The van der Waals surface area contributed by atoms with Gasteiger partial charge in [0, 0.05) is 5.54 Å². The van der Waals surface area contributed by atoms with E-state index >= 15 is 0 Å². The Morgan fingerprint density at radius 3 is 1.70 bits per heavy atom. The van der Waals surface area contributed by atoms with E-state index in [-0.39, 0.29) is 0 Å². The third-order valence-electron chi connectivity index (χ3n) is 2.10. The molecule has 3 heteroatoms. The fourth-order valence-electron chi connectivity index (χ4n) is 0.652. The molecular weight excluding hydrogens is 128 g/mol. The van der Waals surface area contributed by atoms with Crippen molar-refractivity contribution in [2.45, 2.75) is 45.7 Å². The van der Waals surface area contributed by atoms with E-state index in [1.165, 1.54) is 0 Å². The van der Waals surface area contributed by atoms with Gasteiger partial charge >= 0.3 is 0 Å². The van der Waals surface area contributed by atoms with Crippen LogP contribution in [0.5, 0.6) is 0 Å².